The molecule has 0 saturated carbocycles. The maximum absolute atomic E-state index is 2.52. The van der Waals surface area contributed by atoms with Crippen molar-refractivity contribution in [2.75, 3.05) is 0 Å². The molecule has 1 unspecified atom stereocenters. The van der Waals surface area contributed by atoms with Gasteiger partial charge in [0.15, 0.2) is 0 Å². The molecule has 242 valence electrons. The van der Waals surface area contributed by atoms with Crippen molar-refractivity contribution in [2.24, 2.45) is 0 Å². The number of hydrogen-bond acceptors (Lipinski definition) is 1. The molecular weight excluding hydrogens is 649 g/mol. The number of fused-ring (bicyclic) bond motifs is 15. The van der Waals surface area contributed by atoms with E-state index in [0.29, 0.717) is 0 Å². The Morgan fingerprint density at radius 3 is 1.77 bits per heavy atom. The summed E-state index contributed by atoms with van der Waals surface area (Å²) in [5.74, 6) is 0. The fourth-order valence-electron chi connectivity index (χ4n) is 9.53. The van der Waals surface area contributed by atoms with Crippen LogP contribution in [0.25, 0.3) is 66.1 Å². The van der Waals surface area contributed by atoms with E-state index in [-0.39, 0.29) is 0 Å². The number of benzene rings is 8. The maximum Gasteiger partial charge on any atom is 0.0765 e. The van der Waals surface area contributed by atoms with Crippen molar-refractivity contribution in [3.05, 3.63) is 204 Å². The van der Waals surface area contributed by atoms with Crippen molar-refractivity contribution in [3.63, 3.8) is 0 Å². The van der Waals surface area contributed by atoms with Crippen molar-refractivity contribution in [1.29, 1.82) is 0 Å². The first kappa shape index (κ1) is 28.4. The van der Waals surface area contributed by atoms with E-state index in [0.717, 1.165) is 0 Å². The summed E-state index contributed by atoms with van der Waals surface area (Å²) in [5, 5.41) is 5.14. The summed E-state index contributed by atoms with van der Waals surface area (Å²) in [5.41, 5.74) is 14.7. The molecule has 0 radical (unpaired) electrons. The van der Waals surface area contributed by atoms with Crippen LogP contribution in [-0.2, 0) is 5.41 Å². The van der Waals surface area contributed by atoms with E-state index in [2.05, 4.69) is 191 Å². The third-order valence-electron chi connectivity index (χ3n) is 11.6. The summed E-state index contributed by atoms with van der Waals surface area (Å²) >= 11 is 1.93. The van der Waals surface area contributed by atoms with Gasteiger partial charge in [-0.2, -0.15) is 0 Å². The molecule has 12 rings (SSSR count). The Bertz CT molecular complexity index is 3090. The Morgan fingerprint density at radius 2 is 0.962 bits per heavy atom. The lowest BCUT2D eigenvalue weighted by molar-refractivity contribution is 0.691. The molecule has 1 atom stereocenters. The van der Waals surface area contributed by atoms with Crippen LogP contribution in [0.4, 0.5) is 0 Å². The number of para-hydroxylation sites is 4. The van der Waals surface area contributed by atoms with Gasteiger partial charge in [0.1, 0.15) is 0 Å². The molecule has 2 nitrogen and oxygen atoms in total. The largest absolute Gasteiger partial charge is 0.309 e. The molecule has 3 heteroatoms. The molecule has 2 aromatic heterocycles. The summed E-state index contributed by atoms with van der Waals surface area (Å²) in [6.07, 6.45) is 0. The van der Waals surface area contributed by atoms with Crippen LogP contribution >= 0.6 is 11.8 Å². The van der Waals surface area contributed by atoms with E-state index in [1.807, 2.05) is 11.8 Å². The van der Waals surface area contributed by atoms with Gasteiger partial charge in [0, 0.05) is 37.0 Å². The SMILES string of the molecule is c1ccc(-c2ccc(-n3c4ccccc4c4ccc5c(c43)Sc3ccccc3C53c4ccccc4-n4c5ccccc5c5cccc3c54)cc2)cc1. The summed E-state index contributed by atoms with van der Waals surface area (Å²) in [6.45, 7) is 0. The van der Waals surface area contributed by atoms with E-state index in [9.17, 15) is 0 Å². The van der Waals surface area contributed by atoms with E-state index >= 15 is 0 Å². The average Bonchev–Trinajstić information content (AvgIpc) is 3.74. The lowest BCUT2D eigenvalue weighted by Crippen LogP contribution is -2.37. The number of nitrogens with zero attached hydrogens (tertiary/aromatic N) is 2. The summed E-state index contributed by atoms with van der Waals surface area (Å²) in [6, 6.07) is 67.7. The van der Waals surface area contributed by atoms with Crippen molar-refractivity contribution >= 4 is 55.4 Å². The third kappa shape index (κ3) is 3.51. The van der Waals surface area contributed by atoms with Crippen molar-refractivity contribution in [1.82, 2.24) is 9.13 Å². The first-order chi connectivity index (χ1) is 25.8. The van der Waals surface area contributed by atoms with Gasteiger partial charge in [0.25, 0.3) is 0 Å². The second-order valence-corrected chi connectivity index (χ2v) is 15.1. The van der Waals surface area contributed by atoms with Crippen molar-refractivity contribution < 1.29 is 0 Å². The van der Waals surface area contributed by atoms with E-state index in [1.54, 1.807) is 0 Å². The first-order valence-electron chi connectivity index (χ1n) is 17.9. The van der Waals surface area contributed by atoms with Crippen LogP contribution < -0.4 is 0 Å². The van der Waals surface area contributed by atoms with Crippen LogP contribution in [0.15, 0.2) is 192 Å². The summed E-state index contributed by atoms with van der Waals surface area (Å²) in [4.78, 5) is 2.62. The normalized spacial score (nSPS) is 15.7. The van der Waals surface area contributed by atoms with E-state index in [1.165, 1.54) is 98.2 Å². The highest BCUT2D eigenvalue weighted by Gasteiger charge is 2.50. The standard InChI is InChI=1S/C49H30N2S/c1-2-13-31(14-3-1)32-25-27-33(28-26-32)50-42-21-8-4-16-35(42)37-29-30-41-48(47(37)50)52-45-24-11-7-19-39(45)49(41)38-18-6-10-23-44(38)51-43-22-9-5-15-34(43)36-17-12-20-40(49)46(36)51/h1-30H. The fourth-order valence-corrected chi connectivity index (χ4v) is 10.9. The van der Waals surface area contributed by atoms with Crippen LogP contribution in [0.3, 0.4) is 0 Å². The van der Waals surface area contributed by atoms with Gasteiger partial charge in [0.2, 0.25) is 0 Å². The maximum atomic E-state index is 2.52. The molecule has 2 aliphatic heterocycles. The zero-order valence-electron chi connectivity index (χ0n) is 28.1. The van der Waals surface area contributed by atoms with Gasteiger partial charge in [-0.05, 0) is 69.8 Å². The molecule has 0 amide bonds. The van der Waals surface area contributed by atoms with Gasteiger partial charge in [0.05, 0.1) is 33.2 Å². The third-order valence-corrected chi connectivity index (χ3v) is 12.8. The van der Waals surface area contributed by atoms with Crippen LogP contribution in [0.1, 0.15) is 22.3 Å². The molecule has 0 saturated heterocycles. The molecule has 52 heavy (non-hydrogen) atoms. The lowest BCUT2D eigenvalue weighted by Gasteiger charge is -2.45. The number of hydrogen-bond donors (Lipinski definition) is 0. The number of rotatable bonds is 2. The second-order valence-electron chi connectivity index (χ2n) is 14.0. The molecule has 0 aliphatic carbocycles. The minimum atomic E-state index is -0.524. The van der Waals surface area contributed by atoms with Gasteiger partial charge in [-0.25, -0.2) is 0 Å². The van der Waals surface area contributed by atoms with Gasteiger partial charge in [-0.1, -0.05) is 157 Å². The Labute approximate surface area is 305 Å². The second kappa shape index (κ2) is 10.4. The molecular formula is C49H30N2S. The molecule has 0 fully saturated rings. The smallest absolute Gasteiger partial charge is 0.0765 e. The quantitative estimate of drug-likeness (QED) is 0.177. The fraction of sp³-hybridized carbons (Fsp3) is 0.0204. The Hall–Kier alpha value is -6.29. The predicted molar refractivity (Wildman–Crippen MR) is 217 cm³/mol. The summed E-state index contributed by atoms with van der Waals surface area (Å²) in [7, 11) is 0. The molecule has 1 spiro atoms. The molecule has 2 aliphatic rings. The van der Waals surface area contributed by atoms with E-state index in [4.69, 9.17) is 0 Å². The van der Waals surface area contributed by atoms with Crippen LogP contribution in [0.5, 0.6) is 0 Å². The first-order valence-corrected chi connectivity index (χ1v) is 18.8. The van der Waals surface area contributed by atoms with Gasteiger partial charge >= 0.3 is 0 Å². The van der Waals surface area contributed by atoms with Crippen molar-refractivity contribution in [2.45, 2.75) is 15.2 Å². The topological polar surface area (TPSA) is 9.86 Å². The predicted octanol–water partition coefficient (Wildman–Crippen LogP) is 12.7. The zero-order chi connectivity index (χ0) is 34.0. The summed E-state index contributed by atoms with van der Waals surface area (Å²) < 4.78 is 5.04. The highest BCUT2D eigenvalue weighted by atomic mass is 32.2. The van der Waals surface area contributed by atoms with Gasteiger partial charge < -0.3 is 9.13 Å². The lowest BCUT2D eigenvalue weighted by atomic mass is 9.62. The highest BCUT2D eigenvalue weighted by molar-refractivity contribution is 7.99. The Balaban J connectivity index is 1.24. The van der Waals surface area contributed by atoms with Crippen LogP contribution in [0.2, 0.25) is 0 Å². The molecule has 8 aromatic carbocycles. The molecule has 0 bridgehead atoms. The minimum Gasteiger partial charge on any atom is -0.309 e. The van der Waals surface area contributed by atoms with Crippen LogP contribution in [-0.4, -0.2) is 9.13 Å². The van der Waals surface area contributed by atoms with Gasteiger partial charge in [-0.3, -0.25) is 0 Å². The number of aromatic nitrogens is 2. The van der Waals surface area contributed by atoms with Gasteiger partial charge in [-0.15, -0.1) is 0 Å². The minimum absolute atomic E-state index is 0.524. The highest BCUT2D eigenvalue weighted by Crippen LogP contribution is 2.62. The van der Waals surface area contributed by atoms with Crippen molar-refractivity contribution in [3.8, 4) is 22.5 Å². The molecule has 0 N–H and O–H groups in total. The van der Waals surface area contributed by atoms with E-state index < -0.39 is 5.41 Å². The molecule has 4 heterocycles. The Kier molecular flexibility index (Phi) is 5.67. The zero-order valence-corrected chi connectivity index (χ0v) is 28.9. The Morgan fingerprint density at radius 1 is 0.365 bits per heavy atom. The monoisotopic (exact) mass is 678 g/mol. The van der Waals surface area contributed by atoms with Crippen LogP contribution in [0, 0.1) is 0 Å². The average molecular weight is 679 g/mol. The molecule has 10 aromatic rings.